The molecule has 0 N–H and O–H groups in total. The predicted octanol–water partition coefficient (Wildman–Crippen LogP) is 3.50. The van der Waals surface area contributed by atoms with Gasteiger partial charge in [-0.15, -0.1) is 12.3 Å². The van der Waals surface area contributed by atoms with Gasteiger partial charge in [0.15, 0.2) is 0 Å². The number of rotatable bonds is 0. The molecular formula is C15H18. The van der Waals surface area contributed by atoms with E-state index in [9.17, 15) is 0 Å². The Morgan fingerprint density at radius 1 is 1.00 bits per heavy atom. The molecule has 0 bridgehead atoms. The highest BCUT2D eigenvalue weighted by atomic mass is 14.5. The number of terminal acetylenes is 1. The molecule has 0 nitrogen and oxygen atoms in total. The van der Waals surface area contributed by atoms with Gasteiger partial charge in [-0.1, -0.05) is 52.0 Å². The van der Waals surface area contributed by atoms with Crippen LogP contribution < -0.4 is 0 Å². The van der Waals surface area contributed by atoms with Crippen LogP contribution in [-0.4, -0.2) is 0 Å². The van der Waals surface area contributed by atoms with Crippen LogP contribution in [0.2, 0.25) is 0 Å². The fourth-order valence-corrected chi connectivity index (χ4v) is 3.24. The molecule has 0 fully saturated rings. The number of benzene rings is 1. The maximum absolute atomic E-state index is 5.71. The lowest BCUT2D eigenvalue weighted by Gasteiger charge is -2.31. The van der Waals surface area contributed by atoms with Crippen LogP contribution in [0.1, 0.15) is 38.8 Å². The van der Waals surface area contributed by atoms with E-state index < -0.39 is 0 Å². The Kier molecular flexibility index (Phi) is 1.98. The molecule has 0 aliphatic heterocycles. The molecule has 1 aromatic carbocycles. The van der Waals surface area contributed by atoms with Gasteiger partial charge < -0.3 is 0 Å². The predicted molar refractivity (Wildman–Crippen MR) is 64.8 cm³/mol. The van der Waals surface area contributed by atoms with E-state index >= 15 is 0 Å². The van der Waals surface area contributed by atoms with Crippen molar-refractivity contribution in [3.05, 3.63) is 35.4 Å². The van der Waals surface area contributed by atoms with Crippen LogP contribution in [0.25, 0.3) is 0 Å². The fourth-order valence-electron chi connectivity index (χ4n) is 3.24. The Morgan fingerprint density at radius 3 is 1.73 bits per heavy atom. The van der Waals surface area contributed by atoms with Crippen molar-refractivity contribution in [3.63, 3.8) is 0 Å². The quantitative estimate of drug-likeness (QED) is 0.560. The molecule has 0 spiro atoms. The second kappa shape index (κ2) is 2.89. The van der Waals surface area contributed by atoms with Gasteiger partial charge in [-0.3, -0.25) is 0 Å². The summed E-state index contributed by atoms with van der Waals surface area (Å²) in [5.74, 6) is 3.27. The SMILES string of the molecule is C#CC1C(C)(C)c2ccccc2C1(C)C. The highest BCUT2D eigenvalue weighted by Crippen LogP contribution is 2.53. The lowest BCUT2D eigenvalue weighted by Crippen LogP contribution is -2.32. The normalized spacial score (nSPS) is 22.1. The van der Waals surface area contributed by atoms with Gasteiger partial charge in [-0.2, -0.15) is 0 Å². The van der Waals surface area contributed by atoms with E-state index in [0.717, 1.165) is 0 Å². The van der Waals surface area contributed by atoms with Crippen molar-refractivity contribution in [3.8, 4) is 12.3 Å². The Hall–Kier alpha value is -1.22. The van der Waals surface area contributed by atoms with E-state index in [1.54, 1.807) is 0 Å². The molecule has 0 aromatic heterocycles. The molecule has 0 heterocycles. The molecule has 0 atom stereocenters. The van der Waals surface area contributed by atoms with Gasteiger partial charge in [0.25, 0.3) is 0 Å². The van der Waals surface area contributed by atoms with Gasteiger partial charge in [0.2, 0.25) is 0 Å². The monoisotopic (exact) mass is 198 g/mol. The van der Waals surface area contributed by atoms with E-state index in [-0.39, 0.29) is 16.7 Å². The fraction of sp³-hybridized carbons (Fsp3) is 0.467. The Morgan fingerprint density at radius 2 is 1.40 bits per heavy atom. The first-order valence-corrected chi connectivity index (χ1v) is 5.48. The molecule has 1 aromatic rings. The molecular weight excluding hydrogens is 180 g/mol. The van der Waals surface area contributed by atoms with E-state index in [1.807, 2.05) is 0 Å². The van der Waals surface area contributed by atoms with Crippen molar-refractivity contribution in [1.29, 1.82) is 0 Å². The lowest BCUT2D eigenvalue weighted by atomic mass is 9.71. The average molecular weight is 198 g/mol. The van der Waals surface area contributed by atoms with Crippen LogP contribution in [0.5, 0.6) is 0 Å². The van der Waals surface area contributed by atoms with Crippen molar-refractivity contribution in [2.45, 2.75) is 38.5 Å². The summed E-state index contributed by atoms with van der Waals surface area (Å²) in [6.45, 7) is 9.02. The second-order valence-corrected chi connectivity index (χ2v) is 5.59. The zero-order chi connectivity index (χ0) is 11.3. The van der Waals surface area contributed by atoms with Crippen LogP contribution in [-0.2, 0) is 10.8 Å². The second-order valence-electron chi connectivity index (χ2n) is 5.59. The third-order valence-corrected chi connectivity index (χ3v) is 3.93. The van der Waals surface area contributed by atoms with E-state index in [4.69, 9.17) is 6.42 Å². The molecule has 0 unspecified atom stereocenters. The van der Waals surface area contributed by atoms with Crippen molar-refractivity contribution in [1.82, 2.24) is 0 Å². The summed E-state index contributed by atoms with van der Waals surface area (Å²) in [6, 6.07) is 8.65. The maximum atomic E-state index is 5.71. The first-order valence-electron chi connectivity index (χ1n) is 5.48. The minimum atomic E-state index is 0.0921. The minimum Gasteiger partial charge on any atom is -0.120 e. The summed E-state index contributed by atoms with van der Waals surface area (Å²) in [5, 5.41) is 0. The van der Waals surface area contributed by atoms with Gasteiger partial charge in [0, 0.05) is 16.7 Å². The third-order valence-electron chi connectivity index (χ3n) is 3.93. The standard InChI is InChI=1S/C15H18/c1-6-13-14(2,3)11-9-7-8-10-12(11)15(13,4)5/h1,7-10,13H,2-5H3. The van der Waals surface area contributed by atoms with Crippen molar-refractivity contribution in [2.75, 3.05) is 0 Å². The van der Waals surface area contributed by atoms with E-state index in [0.29, 0.717) is 0 Å². The van der Waals surface area contributed by atoms with E-state index in [2.05, 4.69) is 57.9 Å². The van der Waals surface area contributed by atoms with Crippen LogP contribution >= 0.6 is 0 Å². The highest BCUT2D eigenvalue weighted by molar-refractivity contribution is 5.48. The van der Waals surface area contributed by atoms with Gasteiger partial charge >= 0.3 is 0 Å². The highest BCUT2D eigenvalue weighted by Gasteiger charge is 2.49. The summed E-state index contributed by atoms with van der Waals surface area (Å²) >= 11 is 0. The van der Waals surface area contributed by atoms with Crippen LogP contribution in [0, 0.1) is 18.3 Å². The largest absolute Gasteiger partial charge is 0.120 e. The van der Waals surface area contributed by atoms with Crippen LogP contribution in [0.3, 0.4) is 0 Å². The molecule has 15 heavy (non-hydrogen) atoms. The molecule has 0 radical (unpaired) electrons. The average Bonchev–Trinajstić information content (AvgIpc) is 2.32. The number of fused-ring (bicyclic) bond motifs is 1. The summed E-state index contributed by atoms with van der Waals surface area (Å²) in [5.41, 5.74) is 3.01. The minimum absolute atomic E-state index is 0.0921. The summed E-state index contributed by atoms with van der Waals surface area (Å²) < 4.78 is 0. The lowest BCUT2D eigenvalue weighted by molar-refractivity contribution is 0.312. The Bertz CT molecular complexity index is 395. The number of hydrogen-bond donors (Lipinski definition) is 0. The first kappa shape index (κ1) is 10.3. The Labute approximate surface area is 92.7 Å². The van der Waals surface area contributed by atoms with Crippen molar-refractivity contribution >= 4 is 0 Å². The molecule has 0 saturated heterocycles. The van der Waals surface area contributed by atoms with Gasteiger partial charge in [-0.05, 0) is 11.1 Å². The summed E-state index contributed by atoms with van der Waals surface area (Å²) in [6.07, 6.45) is 5.71. The molecule has 2 rings (SSSR count). The van der Waals surface area contributed by atoms with Gasteiger partial charge in [0.05, 0.1) is 0 Å². The van der Waals surface area contributed by atoms with Crippen LogP contribution in [0.4, 0.5) is 0 Å². The smallest absolute Gasteiger partial charge is 0.0383 e. The van der Waals surface area contributed by atoms with Gasteiger partial charge in [0.1, 0.15) is 0 Å². The van der Waals surface area contributed by atoms with Crippen molar-refractivity contribution in [2.24, 2.45) is 5.92 Å². The molecule has 0 heteroatoms. The molecule has 1 aliphatic carbocycles. The summed E-state index contributed by atoms with van der Waals surface area (Å²) in [7, 11) is 0. The number of hydrogen-bond acceptors (Lipinski definition) is 0. The van der Waals surface area contributed by atoms with Gasteiger partial charge in [-0.25, -0.2) is 0 Å². The van der Waals surface area contributed by atoms with E-state index in [1.165, 1.54) is 11.1 Å². The first-order chi connectivity index (χ1) is 6.92. The molecule has 0 saturated carbocycles. The summed E-state index contributed by atoms with van der Waals surface area (Å²) in [4.78, 5) is 0. The third kappa shape index (κ3) is 1.16. The van der Waals surface area contributed by atoms with Crippen molar-refractivity contribution < 1.29 is 0 Å². The van der Waals surface area contributed by atoms with Crippen LogP contribution in [0.15, 0.2) is 24.3 Å². The maximum Gasteiger partial charge on any atom is 0.0383 e. The topological polar surface area (TPSA) is 0 Å². The zero-order valence-corrected chi connectivity index (χ0v) is 9.96. The zero-order valence-electron chi connectivity index (χ0n) is 9.96. The molecule has 78 valence electrons. The Balaban J connectivity index is 2.72. The molecule has 0 amide bonds. The molecule has 1 aliphatic rings.